The zero-order valence-corrected chi connectivity index (χ0v) is 6.53. The number of amides is 1. The van der Waals surface area contributed by atoms with Crippen LogP contribution in [-0.4, -0.2) is 15.9 Å². The topological polar surface area (TPSA) is 54.9 Å². The van der Waals surface area contributed by atoms with E-state index in [9.17, 15) is 4.79 Å². The quantitative estimate of drug-likeness (QED) is 0.653. The first-order valence-corrected chi connectivity index (χ1v) is 3.92. The van der Waals surface area contributed by atoms with Crippen LogP contribution in [0.15, 0.2) is 18.5 Å². The first-order valence-electron chi connectivity index (χ1n) is 3.92. The SMILES string of the molecule is O=C1CCC(c2ncccn2)N1. The second-order valence-corrected chi connectivity index (χ2v) is 2.77. The van der Waals surface area contributed by atoms with Crippen molar-refractivity contribution in [1.29, 1.82) is 0 Å². The molecule has 0 aliphatic carbocycles. The summed E-state index contributed by atoms with van der Waals surface area (Å²) in [6, 6.07) is 1.79. The Balaban J connectivity index is 2.16. The summed E-state index contributed by atoms with van der Waals surface area (Å²) in [6.07, 6.45) is 4.77. The van der Waals surface area contributed by atoms with Crippen molar-refractivity contribution in [3.63, 3.8) is 0 Å². The van der Waals surface area contributed by atoms with E-state index in [1.807, 2.05) is 0 Å². The van der Waals surface area contributed by atoms with Crippen molar-refractivity contribution in [3.8, 4) is 0 Å². The van der Waals surface area contributed by atoms with Gasteiger partial charge in [0.25, 0.3) is 0 Å². The Morgan fingerprint density at radius 3 is 2.75 bits per heavy atom. The van der Waals surface area contributed by atoms with Gasteiger partial charge in [0.2, 0.25) is 5.91 Å². The number of nitrogens with zero attached hydrogens (tertiary/aromatic N) is 2. The molecular weight excluding hydrogens is 154 g/mol. The van der Waals surface area contributed by atoms with Gasteiger partial charge in [0.15, 0.2) is 0 Å². The van der Waals surface area contributed by atoms with Crippen LogP contribution in [0.2, 0.25) is 0 Å². The molecule has 1 unspecified atom stereocenters. The third-order valence-corrected chi connectivity index (χ3v) is 1.89. The molecule has 2 heterocycles. The minimum Gasteiger partial charge on any atom is -0.346 e. The van der Waals surface area contributed by atoms with Gasteiger partial charge >= 0.3 is 0 Å². The fraction of sp³-hybridized carbons (Fsp3) is 0.375. The van der Waals surface area contributed by atoms with Crippen molar-refractivity contribution in [2.24, 2.45) is 0 Å². The first-order chi connectivity index (χ1) is 5.86. The van der Waals surface area contributed by atoms with E-state index in [4.69, 9.17) is 0 Å². The van der Waals surface area contributed by atoms with Crippen LogP contribution in [0.1, 0.15) is 24.7 Å². The molecule has 0 bridgehead atoms. The highest BCUT2D eigenvalue weighted by Crippen LogP contribution is 2.19. The zero-order valence-electron chi connectivity index (χ0n) is 6.53. The molecule has 0 aromatic carbocycles. The molecule has 1 amide bonds. The number of rotatable bonds is 1. The van der Waals surface area contributed by atoms with Gasteiger partial charge in [0, 0.05) is 18.8 Å². The Hall–Kier alpha value is -1.45. The smallest absolute Gasteiger partial charge is 0.220 e. The van der Waals surface area contributed by atoms with Crippen LogP contribution in [0.5, 0.6) is 0 Å². The third kappa shape index (κ3) is 1.28. The Bertz CT molecular complexity index is 286. The van der Waals surface area contributed by atoms with Crippen LogP contribution < -0.4 is 5.32 Å². The van der Waals surface area contributed by atoms with E-state index in [2.05, 4.69) is 15.3 Å². The summed E-state index contributed by atoms with van der Waals surface area (Å²) in [6.45, 7) is 0. The Kier molecular flexibility index (Phi) is 1.74. The van der Waals surface area contributed by atoms with E-state index in [0.717, 1.165) is 6.42 Å². The summed E-state index contributed by atoms with van der Waals surface area (Å²) in [5.41, 5.74) is 0. The van der Waals surface area contributed by atoms with Gasteiger partial charge in [0.1, 0.15) is 5.82 Å². The molecule has 1 aromatic rings. The van der Waals surface area contributed by atoms with E-state index in [1.54, 1.807) is 18.5 Å². The molecule has 1 atom stereocenters. The summed E-state index contributed by atoms with van der Waals surface area (Å²) >= 11 is 0. The molecule has 4 heteroatoms. The van der Waals surface area contributed by atoms with Gasteiger partial charge in [-0.2, -0.15) is 0 Å². The average molecular weight is 163 g/mol. The van der Waals surface area contributed by atoms with Gasteiger partial charge in [-0.25, -0.2) is 9.97 Å². The van der Waals surface area contributed by atoms with Crippen LogP contribution in [0.25, 0.3) is 0 Å². The van der Waals surface area contributed by atoms with E-state index in [0.29, 0.717) is 12.2 Å². The number of hydrogen-bond acceptors (Lipinski definition) is 3. The summed E-state index contributed by atoms with van der Waals surface area (Å²) in [5, 5.41) is 2.81. The van der Waals surface area contributed by atoms with Crippen LogP contribution in [-0.2, 0) is 4.79 Å². The summed E-state index contributed by atoms with van der Waals surface area (Å²) in [4.78, 5) is 19.0. The number of carbonyl (C=O) groups excluding carboxylic acids is 1. The number of nitrogens with one attached hydrogen (secondary N) is 1. The van der Waals surface area contributed by atoms with Gasteiger partial charge in [0.05, 0.1) is 6.04 Å². The van der Waals surface area contributed by atoms with Gasteiger partial charge in [-0.15, -0.1) is 0 Å². The minimum atomic E-state index is 0.0266. The maximum Gasteiger partial charge on any atom is 0.220 e. The fourth-order valence-electron chi connectivity index (χ4n) is 1.30. The lowest BCUT2D eigenvalue weighted by Crippen LogP contribution is -2.19. The average Bonchev–Trinajstić information content (AvgIpc) is 2.54. The predicted molar refractivity (Wildman–Crippen MR) is 42.1 cm³/mol. The van der Waals surface area contributed by atoms with E-state index >= 15 is 0 Å². The van der Waals surface area contributed by atoms with Crippen molar-refractivity contribution in [2.45, 2.75) is 18.9 Å². The normalized spacial score (nSPS) is 22.3. The minimum absolute atomic E-state index is 0.0266. The highest BCUT2D eigenvalue weighted by atomic mass is 16.1. The second kappa shape index (κ2) is 2.89. The van der Waals surface area contributed by atoms with Gasteiger partial charge in [-0.3, -0.25) is 4.79 Å². The van der Waals surface area contributed by atoms with Crippen molar-refractivity contribution in [3.05, 3.63) is 24.3 Å². The lowest BCUT2D eigenvalue weighted by molar-refractivity contribution is -0.119. The van der Waals surface area contributed by atoms with Crippen molar-refractivity contribution >= 4 is 5.91 Å². The van der Waals surface area contributed by atoms with Crippen LogP contribution in [0.4, 0.5) is 0 Å². The summed E-state index contributed by atoms with van der Waals surface area (Å²) in [5.74, 6) is 0.802. The molecule has 0 radical (unpaired) electrons. The first kappa shape index (κ1) is 7.21. The molecule has 2 rings (SSSR count). The number of aromatic nitrogens is 2. The van der Waals surface area contributed by atoms with Gasteiger partial charge in [-0.05, 0) is 12.5 Å². The maximum absolute atomic E-state index is 10.9. The number of hydrogen-bond donors (Lipinski definition) is 1. The molecule has 1 aliphatic heterocycles. The molecule has 0 spiro atoms. The molecule has 1 fully saturated rings. The fourth-order valence-corrected chi connectivity index (χ4v) is 1.30. The van der Waals surface area contributed by atoms with E-state index < -0.39 is 0 Å². The molecule has 62 valence electrons. The van der Waals surface area contributed by atoms with Crippen LogP contribution >= 0.6 is 0 Å². The lowest BCUT2D eigenvalue weighted by atomic mass is 10.2. The van der Waals surface area contributed by atoms with Crippen molar-refractivity contribution < 1.29 is 4.79 Å². The van der Waals surface area contributed by atoms with E-state index in [1.165, 1.54) is 0 Å². The highest BCUT2D eigenvalue weighted by Gasteiger charge is 2.23. The third-order valence-electron chi connectivity index (χ3n) is 1.89. The molecule has 4 nitrogen and oxygen atoms in total. The largest absolute Gasteiger partial charge is 0.346 e. The Morgan fingerprint density at radius 1 is 1.42 bits per heavy atom. The second-order valence-electron chi connectivity index (χ2n) is 2.77. The zero-order chi connectivity index (χ0) is 8.39. The summed E-state index contributed by atoms with van der Waals surface area (Å²) < 4.78 is 0. The molecule has 1 saturated heterocycles. The predicted octanol–water partition coefficient (Wildman–Crippen LogP) is 0.428. The number of carbonyl (C=O) groups is 1. The molecule has 0 saturated carbocycles. The monoisotopic (exact) mass is 163 g/mol. The molecule has 12 heavy (non-hydrogen) atoms. The highest BCUT2D eigenvalue weighted by molar-refractivity contribution is 5.78. The Morgan fingerprint density at radius 2 is 2.17 bits per heavy atom. The van der Waals surface area contributed by atoms with Gasteiger partial charge in [-0.1, -0.05) is 0 Å². The summed E-state index contributed by atoms with van der Waals surface area (Å²) in [7, 11) is 0. The van der Waals surface area contributed by atoms with Crippen molar-refractivity contribution in [1.82, 2.24) is 15.3 Å². The van der Waals surface area contributed by atoms with E-state index in [-0.39, 0.29) is 11.9 Å². The van der Waals surface area contributed by atoms with Gasteiger partial charge < -0.3 is 5.32 Å². The standard InChI is InChI=1S/C8H9N3O/c12-7-3-2-6(11-7)8-9-4-1-5-10-8/h1,4-6H,2-3H2,(H,11,12). The lowest BCUT2D eigenvalue weighted by Gasteiger charge is -2.05. The van der Waals surface area contributed by atoms with Crippen molar-refractivity contribution in [2.75, 3.05) is 0 Å². The van der Waals surface area contributed by atoms with Crippen LogP contribution in [0, 0.1) is 0 Å². The Labute approximate surface area is 70.0 Å². The molecule has 1 aromatic heterocycles. The molecule has 1 aliphatic rings. The molecule has 1 N–H and O–H groups in total. The molecular formula is C8H9N3O. The van der Waals surface area contributed by atoms with Crippen LogP contribution in [0.3, 0.4) is 0 Å². The maximum atomic E-state index is 10.9.